The second kappa shape index (κ2) is 5.11. The molecule has 108 valence electrons. The molecule has 0 atom stereocenters. The quantitative estimate of drug-likeness (QED) is 0.718. The first-order chi connectivity index (χ1) is 10.8. The molecule has 3 nitrogen and oxygen atoms in total. The van der Waals surface area contributed by atoms with Crippen LogP contribution in [0, 0.1) is 0 Å². The van der Waals surface area contributed by atoms with Gasteiger partial charge in [0.25, 0.3) is 0 Å². The highest BCUT2D eigenvalue weighted by molar-refractivity contribution is 5.79. The predicted octanol–water partition coefficient (Wildman–Crippen LogP) is 4.70. The summed E-state index contributed by atoms with van der Waals surface area (Å²) < 4.78 is 5.71. The van der Waals surface area contributed by atoms with Gasteiger partial charge in [0, 0.05) is 23.0 Å². The van der Waals surface area contributed by atoms with Crippen molar-refractivity contribution in [1.29, 1.82) is 0 Å². The van der Waals surface area contributed by atoms with Gasteiger partial charge in [-0.1, -0.05) is 24.3 Å². The van der Waals surface area contributed by atoms with Gasteiger partial charge in [0.05, 0.1) is 0 Å². The van der Waals surface area contributed by atoms with Crippen molar-refractivity contribution >= 4 is 11.4 Å². The number of benzene rings is 3. The van der Waals surface area contributed by atoms with Crippen LogP contribution in [-0.4, -0.2) is 5.11 Å². The third-order valence-electron chi connectivity index (χ3n) is 3.81. The Morgan fingerprint density at radius 3 is 2.55 bits per heavy atom. The van der Waals surface area contributed by atoms with Crippen molar-refractivity contribution in [1.82, 2.24) is 0 Å². The van der Waals surface area contributed by atoms with Crippen molar-refractivity contribution in [3.8, 4) is 22.6 Å². The van der Waals surface area contributed by atoms with Gasteiger partial charge in [-0.25, -0.2) is 0 Å². The van der Waals surface area contributed by atoms with Crippen molar-refractivity contribution in [2.45, 2.75) is 6.61 Å². The largest absolute Gasteiger partial charge is 0.508 e. The average molecular weight is 289 g/mol. The van der Waals surface area contributed by atoms with Gasteiger partial charge in [0.1, 0.15) is 18.1 Å². The molecule has 3 aromatic rings. The molecule has 0 saturated carbocycles. The van der Waals surface area contributed by atoms with Crippen LogP contribution in [0.5, 0.6) is 11.5 Å². The zero-order valence-electron chi connectivity index (χ0n) is 11.9. The Labute approximate surface area is 128 Å². The van der Waals surface area contributed by atoms with E-state index in [0.717, 1.165) is 33.8 Å². The van der Waals surface area contributed by atoms with E-state index >= 15 is 0 Å². The number of para-hydroxylation sites is 1. The van der Waals surface area contributed by atoms with Gasteiger partial charge in [-0.15, -0.1) is 0 Å². The lowest BCUT2D eigenvalue weighted by atomic mass is 9.96. The van der Waals surface area contributed by atoms with E-state index in [4.69, 9.17) is 4.74 Å². The summed E-state index contributed by atoms with van der Waals surface area (Å²) in [6, 6.07) is 21.6. The Kier molecular flexibility index (Phi) is 2.97. The highest BCUT2D eigenvalue weighted by Gasteiger charge is 2.18. The van der Waals surface area contributed by atoms with Crippen LogP contribution in [-0.2, 0) is 6.61 Å². The van der Waals surface area contributed by atoms with E-state index in [1.54, 1.807) is 12.1 Å². The molecule has 0 bridgehead atoms. The molecule has 0 radical (unpaired) electrons. The lowest BCUT2D eigenvalue weighted by Gasteiger charge is -2.22. The van der Waals surface area contributed by atoms with E-state index < -0.39 is 0 Å². The number of ether oxygens (including phenoxy) is 1. The van der Waals surface area contributed by atoms with Crippen molar-refractivity contribution in [3.63, 3.8) is 0 Å². The van der Waals surface area contributed by atoms with Crippen LogP contribution in [0.2, 0.25) is 0 Å². The molecule has 0 unspecified atom stereocenters. The molecule has 4 rings (SSSR count). The number of anilines is 2. The van der Waals surface area contributed by atoms with Crippen molar-refractivity contribution in [2.75, 3.05) is 5.32 Å². The van der Waals surface area contributed by atoms with Gasteiger partial charge < -0.3 is 15.2 Å². The molecular formula is C19H15NO2. The van der Waals surface area contributed by atoms with Crippen LogP contribution in [0.25, 0.3) is 11.1 Å². The molecule has 0 spiro atoms. The molecule has 1 heterocycles. The number of hydrogen-bond donors (Lipinski definition) is 2. The van der Waals surface area contributed by atoms with E-state index in [-0.39, 0.29) is 5.75 Å². The smallest absolute Gasteiger partial charge is 0.131 e. The molecular weight excluding hydrogens is 274 g/mol. The summed E-state index contributed by atoms with van der Waals surface area (Å²) in [6.07, 6.45) is 0. The molecule has 1 aliphatic rings. The maximum Gasteiger partial charge on any atom is 0.131 e. The van der Waals surface area contributed by atoms with Crippen LogP contribution >= 0.6 is 0 Å². The maximum absolute atomic E-state index is 9.59. The number of hydrogen-bond acceptors (Lipinski definition) is 3. The number of phenols is 1. The molecule has 0 saturated heterocycles. The summed E-state index contributed by atoms with van der Waals surface area (Å²) in [7, 11) is 0. The highest BCUT2D eigenvalue weighted by atomic mass is 16.5. The van der Waals surface area contributed by atoms with Crippen LogP contribution in [0.4, 0.5) is 11.4 Å². The highest BCUT2D eigenvalue weighted by Crippen LogP contribution is 2.40. The van der Waals surface area contributed by atoms with E-state index in [0.29, 0.717) is 6.61 Å². The standard InChI is InChI=1S/C19H15NO2/c21-16-8-9-17-18-10-15(20-14-4-2-1-3-5-14)7-6-13(18)12-22-19(17)11-16/h1-11,20-21H,12H2. The molecule has 22 heavy (non-hydrogen) atoms. The molecule has 0 fully saturated rings. The fourth-order valence-corrected chi connectivity index (χ4v) is 2.73. The third-order valence-corrected chi connectivity index (χ3v) is 3.81. The van der Waals surface area contributed by atoms with Crippen molar-refractivity contribution < 1.29 is 9.84 Å². The van der Waals surface area contributed by atoms with E-state index in [9.17, 15) is 5.11 Å². The summed E-state index contributed by atoms with van der Waals surface area (Å²) in [6.45, 7) is 0.525. The first-order valence-corrected chi connectivity index (χ1v) is 7.21. The Bertz CT molecular complexity index is 828. The van der Waals surface area contributed by atoms with Crippen LogP contribution in [0.3, 0.4) is 0 Å². The van der Waals surface area contributed by atoms with E-state index in [1.165, 1.54) is 0 Å². The van der Waals surface area contributed by atoms with Crippen molar-refractivity contribution in [2.24, 2.45) is 0 Å². The first kappa shape index (κ1) is 12.8. The number of aromatic hydroxyl groups is 1. The number of nitrogens with one attached hydrogen (secondary N) is 1. The minimum Gasteiger partial charge on any atom is -0.508 e. The van der Waals surface area contributed by atoms with Gasteiger partial charge in [-0.3, -0.25) is 0 Å². The van der Waals surface area contributed by atoms with Gasteiger partial charge in [0.15, 0.2) is 0 Å². The van der Waals surface area contributed by atoms with Gasteiger partial charge >= 0.3 is 0 Å². The first-order valence-electron chi connectivity index (χ1n) is 7.21. The number of phenolic OH excluding ortho intramolecular Hbond substituents is 1. The normalized spacial score (nSPS) is 12.0. The minimum absolute atomic E-state index is 0.223. The zero-order chi connectivity index (χ0) is 14.9. The Hall–Kier alpha value is -2.94. The van der Waals surface area contributed by atoms with Crippen LogP contribution in [0.15, 0.2) is 66.7 Å². The Balaban J connectivity index is 1.74. The lowest BCUT2D eigenvalue weighted by molar-refractivity contribution is 0.300. The van der Waals surface area contributed by atoms with Crippen LogP contribution in [0.1, 0.15) is 5.56 Å². The molecule has 3 heteroatoms. The second-order valence-corrected chi connectivity index (χ2v) is 5.33. The predicted molar refractivity (Wildman–Crippen MR) is 87.6 cm³/mol. The topological polar surface area (TPSA) is 41.5 Å². The third kappa shape index (κ3) is 2.27. The monoisotopic (exact) mass is 289 g/mol. The Morgan fingerprint density at radius 2 is 1.68 bits per heavy atom. The molecule has 0 amide bonds. The Morgan fingerprint density at radius 1 is 0.818 bits per heavy atom. The number of rotatable bonds is 2. The molecule has 2 N–H and O–H groups in total. The molecule has 0 aliphatic carbocycles. The van der Waals surface area contributed by atoms with Crippen molar-refractivity contribution in [3.05, 3.63) is 72.3 Å². The zero-order valence-corrected chi connectivity index (χ0v) is 11.9. The summed E-state index contributed by atoms with van der Waals surface area (Å²) in [5.41, 5.74) is 5.39. The van der Waals surface area contributed by atoms with Gasteiger partial charge in [0.2, 0.25) is 0 Å². The molecule has 1 aliphatic heterocycles. The summed E-state index contributed by atoms with van der Waals surface area (Å²) >= 11 is 0. The molecule has 3 aromatic carbocycles. The lowest BCUT2D eigenvalue weighted by Crippen LogP contribution is -2.05. The maximum atomic E-state index is 9.59. The summed E-state index contributed by atoms with van der Waals surface area (Å²) in [5.74, 6) is 0.949. The molecule has 0 aromatic heterocycles. The van der Waals surface area contributed by atoms with Gasteiger partial charge in [-0.2, -0.15) is 0 Å². The van der Waals surface area contributed by atoms with E-state index in [1.807, 2.05) is 36.4 Å². The average Bonchev–Trinajstić information content (AvgIpc) is 2.55. The fraction of sp³-hybridized carbons (Fsp3) is 0.0526. The number of fused-ring (bicyclic) bond motifs is 3. The minimum atomic E-state index is 0.223. The van der Waals surface area contributed by atoms with E-state index in [2.05, 4.69) is 23.5 Å². The van der Waals surface area contributed by atoms with Crippen LogP contribution < -0.4 is 10.1 Å². The SMILES string of the molecule is Oc1ccc2c(c1)OCc1ccc(Nc3ccccc3)cc1-2. The fourth-order valence-electron chi connectivity index (χ4n) is 2.73. The van der Waals surface area contributed by atoms with Gasteiger partial charge in [-0.05, 0) is 47.5 Å². The second-order valence-electron chi connectivity index (χ2n) is 5.33. The summed E-state index contributed by atoms with van der Waals surface area (Å²) in [5, 5.41) is 13.0. The summed E-state index contributed by atoms with van der Waals surface area (Å²) in [4.78, 5) is 0.